The fourth-order valence-corrected chi connectivity index (χ4v) is 2.67. The minimum atomic E-state index is -0.495. The molecule has 0 amide bonds. The smallest absolute Gasteiger partial charge is 0.276 e. The Morgan fingerprint density at radius 3 is 2.90 bits per heavy atom. The lowest BCUT2D eigenvalue weighted by molar-refractivity contribution is -0.384. The average molecular weight is 286 g/mol. The summed E-state index contributed by atoms with van der Waals surface area (Å²) in [6, 6.07) is 10.4. The third-order valence-electron chi connectivity index (χ3n) is 2.77. The van der Waals surface area contributed by atoms with Crippen LogP contribution in [0.15, 0.2) is 41.8 Å². The van der Waals surface area contributed by atoms with Gasteiger partial charge in [0.2, 0.25) is 0 Å². The first-order chi connectivity index (χ1) is 9.61. The Morgan fingerprint density at radius 1 is 1.25 bits per heavy atom. The molecule has 0 fully saturated rings. The SMILES string of the molecule is Nc1cc([N+](=O)[O-])cc(Nc2ccc3sccc3c2)n1. The van der Waals surface area contributed by atoms with Crippen LogP contribution < -0.4 is 11.1 Å². The van der Waals surface area contributed by atoms with Gasteiger partial charge in [0.25, 0.3) is 5.69 Å². The van der Waals surface area contributed by atoms with Crippen LogP contribution in [0, 0.1) is 10.1 Å². The van der Waals surface area contributed by atoms with Crippen LogP contribution in [0.2, 0.25) is 0 Å². The van der Waals surface area contributed by atoms with E-state index in [0.29, 0.717) is 5.82 Å². The number of hydrogen-bond acceptors (Lipinski definition) is 6. The second-order valence-electron chi connectivity index (χ2n) is 4.19. The summed E-state index contributed by atoms with van der Waals surface area (Å²) in [5, 5.41) is 16.9. The van der Waals surface area contributed by atoms with Gasteiger partial charge in [0.05, 0.1) is 17.1 Å². The summed E-state index contributed by atoms with van der Waals surface area (Å²) in [7, 11) is 0. The second kappa shape index (κ2) is 4.78. The number of nitrogen functional groups attached to an aromatic ring is 1. The van der Waals surface area contributed by atoms with Crippen LogP contribution in [0.4, 0.5) is 23.0 Å². The van der Waals surface area contributed by atoms with Gasteiger partial charge in [-0.3, -0.25) is 10.1 Å². The molecule has 0 bridgehead atoms. The molecule has 2 heterocycles. The van der Waals surface area contributed by atoms with Crippen LogP contribution in [0.1, 0.15) is 0 Å². The lowest BCUT2D eigenvalue weighted by Gasteiger charge is -2.06. The molecule has 100 valence electrons. The van der Waals surface area contributed by atoms with Gasteiger partial charge in [0, 0.05) is 10.4 Å². The van der Waals surface area contributed by atoms with Crippen LogP contribution >= 0.6 is 11.3 Å². The molecule has 0 aliphatic carbocycles. The van der Waals surface area contributed by atoms with Crippen LogP contribution in [0.3, 0.4) is 0 Å². The molecule has 3 N–H and O–H groups in total. The number of nitro groups is 1. The van der Waals surface area contributed by atoms with Crippen LogP contribution in [0.5, 0.6) is 0 Å². The molecule has 0 saturated heterocycles. The van der Waals surface area contributed by atoms with Crippen molar-refractivity contribution in [3.63, 3.8) is 0 Å². The largest absolute Gasteiger partial charge is 0.383 e. The average Bonchev–Trinajstić information content (AvgIpc) is 2.85. The first kappa shape index (κ1) is 12.4. The standard InChI is InChI=1S/C13H10N4O2S/c14-12-6-10(17(18)19)7-13(16-12)15-9-1-2-11-8(5-9)3-4-20-11/h1-7H,(H3,14,15,16). The van der Waals surface area contributed by atoms with E-state index in [-0.39, 0.29) is 11.5 Å². The Morgan fingerprint density at radius 2 is 2.10 bits per heavy atom. The highest BCUT2D eigenvalue weighted by molar-refractivity contribution is 7.17. The van der Waals surface area contributed by atoms with Gasteiger partial charge in [-0.25, -0.2) is 4.98 Å². The van der Waals surface area contributed by atoms with E-state index in [1.165, 1.54) is 16.8 Å². The number of thiophene rings is 1. The van der Waals surface area contributed by atoms with Crippen molar-refractivity contribution >= 4 is 44.4 Å². The topological polar surface area (TPSA) is 94.1 Å². The van der Waals surface area contributed by atoms with Gasteiger partial charge in [-0.15, -0.1) is 11.3 Å². The molecule has 20 heavy (non-hydrogen) atoms. The van der Waals surface area contributed by atoms with E-state index in [9.17, 15) is 10.1 Å². The highest BCUT2D eigenvalue weighted by Gasteiger charge is 2.10. The van der Waals surface area contributed by atoms with Crippen molar-refractivity contribution in [2.45, 2.75) is 0 Å². The number of anilines is 3. The first-order valence-electron chi connectivity index (χ1n) is 5.78. The number of nitrogens with two attached hydrogens (primary N) is 1. The molecule has 1 aromatic carbocycles. The molecule has 0 radical (unpaired) electrons. The monoisotopic (exact) mass is 286 g/mol. The van der Waals surface area contributed by atoms with Crippen molar-refractivity contribution in [2.24, 2.45) is 0 Å². The number of aromatic nitrogens is 1. The molecule has 3 rings (SSSR count). The third-order valence-corrected chi connectivity index (χ3v) is 3.66. The van der Waals surface area contributed by atoms with Gasteiger partial charge in [-0.05, 0) is 35.0 Å². The van der Waals surface area contributed by atoms with E-state index in [4.69, 9.17) is 5.73 Å². The van der Waals surface area contributed by atoms with Crippen molar-refractivity contribution in [3.8, 4) is 0 Å². The minimum Gasteiger partial charge on any atom is -0.383 e. The Balaban J connectivity index is 1.95. The Kier molecular flexibility index (Phi) is 2.96. The summed E-state index contributed by atoms with van der Waals surface area (Å²) in [6.45, 7) is 0. The zero-order chi connectivity index (χ0) is 14.1. The molecule has 0 saturated carbocycles. The summed E-state index contributed by atoms with van der Waals surface area (Å²) < 4.78 is 1.18. The van der Waals surface area contributed by atoms with E-state index in [1.54, 1.807) is 11.3 Å². The Labute approximate surface area is 118 Å². The first-order valence-corrected chi connectivity index (χ1v) is 6.66. The van der Waals surface area contributed by atoms with Gasteiger partial charge >= 0.3 is 0 Å². The van der Waals surface area contributed by atoms with Gasteiger partial charge in [-0.1, -0.05) is 0 Å². The van der Waals surface area contributed by atoms with Gasteiger partial charge in [-0.2, -0.15) is 0 Å². The summed E-state index contributed by atoms with van der Waals surface area (Å²) in [5.41, 5.74) is 6.29. The number of hydrogen-bond donors (Lipinski definition) is 2. The van der Waals surface area contributed by atoms with E-state index >= 15 is 0 Å². The van der Waals surface area contributed by atoms with E-state index in [2.05, 4.69) is 10.3 Å². The molecule has 0 atom stereocenters. The van der Waals surface area contributed by atoms with E-state index < -0.39 is 4.92 Å². The lowest BCUT2D eigenvalue weighted by atomic mass is 10.2. The van der Waals surface area contributed by atoms with Crippen LogP contribution in [-0.4, -0.2) is 9.91 Å². The summed E-state index contributed by atoms with van der Waals surface area (Å²) >= 11 is 1.66. The number of benzene rings is 1. The number of fused-ring (bicyclic) bond motifs is 1. The molecule has 0 spiro atoms. The van der Waals surface area contributed by atoms with Crippen molar-refractivity contribution in [2.75, 3.05) is 11.1 Å². The van der Waals surface area contributed by atoms with Crippen molar-refractivity contribution < 1.29 is 4.92 Å². The van der Waals surface area contributed by atoms with Crippen LogP contribution in [0.25, 0.3) is 10.1 Å². The zero-order valence-corrected chi connectivity index (χ0v) is 11.1. The Bertz CT molecular complexity index is 800. The number of nitrogens with one attached hydrogen (secondary N) is 1. The molecular weight excluding hydrogens is 276 g/mol. The van der Waals surface area contributed by atoms with Crippen molar-refractivity contribution in [3.05, 3.63) is 51.9 Å². The third kappa shape index (κ3) is 2.39. The number of pyridine rings is 1. The van der Waals surface area contributed by atoms with E-state index in [0.717, 1.165) is 11.1 Å². The Hall–Kier alpha value is -2.67. The predicted octanol–water partition coefficient (Wildman–Crippen LogP) is 3.53. The van der Waals surface area contributed by atoms with Gasteiger partial charge in [0.1, 0.15) is 11.6 Å². The summed E-state index contributed by atoms with van der Waals surface area (Å²) in [6.07, 6.45) is 0. The predicted molar refractivity (Wildman–Crippen MR) is 80.4 cm³/mol. The summed E-state index contributed by atoms with van der Waals surface area (Å²) in [4.78, 5) is 14.3. The molecule has 0 aliphatic rings. The maximum atomic E-state index is 10.8. The number of rotatable bonds is 3. The van der Waals surface area contributed by atoms with Crippen molar-refractivity contribution in [1.29, 1.82) is 0 Å². The highest BCUT2D eigenvalue weighted by atomic mass is 32.1. The van der Waals surface area contributed by atoms with Crippen LogP contribution in [-0.2, 0) is 0 Å². The minimum absolute atomic E-state index is 0.0865. The fourth-order valence-electron chi connectivity index (χ4n) is 1.90. The molecular formula is C13H10N4O2S. The lowest BCUT2D eigenvalue weighted by Crippen LogP contribution is -1.99. The highest BCUT2D eigenvalue weighted by Crippen LogP contribution is 2.27. The molecule has 6 nitrogen and oxygen atoms in total. The molecule has 0 unspecified atom stereocenters. The molecule has 2 aromatic heterocycles. The maximum Gasteiger partial charge on any atom is 0.276 e. The molecule has 0 aliphatic heterocycles. The normalized spacial score (nSPS) is 10.6. The summed E-state index contributed by atoms with van der Waals surface area (Å²) in [5.74, 6) is 0.463. The fraction of sp³-hybridized carbons (Fsp3) is 0. The maximum absolute atomic E-state index is 10.8. The number of nitrogens with zero attached hydrogens (tertiary/aromatic N) is 2. The quantitative estimate of drug-likeness (QED) is 0.567. The van der Waals surface area contributed by atoms with Gasteiger partial charge in [0.15, 0.2) is 0 Å². The van der Waals surface area contributed by atoms with Gasteiger partial charge < -0.3 is 11.1 Å². The zero-order valence-electron chi connectivity index (χ0n) is 10.2. The van der Waals surface area contributed by atoms with Crippen molar-refractivity contribution in [1.82, 2.24) is 4.98 Å². The molecule has 7 heteroatoms. The second-order valence-corrected chi connectivity index (χ2v) is 5.14. The molecule has 3 aromatic rings. The van der Waals surface area contributed by atoms with E-state index in [1.807, 2.05) is 29.6 Å².